The summed E-state index contributed by atoms with van der Waals surface area (Å²) in [7, 11) is 1.30. The minimum absolute atomic E-state index is 0.165. The SMILES string of the molecule is COC(=O)c1occc1CNc1c(Cl)cccc1Cl. The number of carbonyl (C=O) groups is 1. The number of furan rings is 1. The summed E-state index contributed by atoms with van der Waals surface area (Å²) in [4.78, 5) is 11.4. The predicted octanol–water partition coefficient (Wildman–Crippen LogP) is 3.99. The molecule has 4 nitrogen and oxygen atoms in total. The Hall–Kier alpha value is -1.65. The van der Waals surface area contributed by atoms with E-state index in [4.69, 9.17) is 27.6 Å². The zero-order chi connectivity index (χ0) is 13.8. The number of esters is 1. The van der Waals surface area contributed by atoms with E-state index in [1.807, 2.05) is 0 Å². The lowest BCUT2D eigenvalue weighted by Gasteiger charge is -2.09. The summed E-state index contributed by atoms with van der Waals surface area (Å²) in [5.74, 6) is -0.356. The molecule has 0 bridgehead atoms. The fraction of sp³-hybridized carbons (Fsp3) is 0.154. The molecule has 1 N–H and O–H groups in total. The van der Waals surface area contributed by atoms with Gasteiger partial charge in [-0.15, -0.1) is 0 Å². The smallest absolute Gasteiger partial charge is 0.374 e. The van der Waals surface area contributed by atoms with Gasteiger partial charge < -0.3 is 14.5 Å². The van der Waals surface area contributed by atoms with Gasteiger partial charge in [-0.25, -0.2) is 4.79 Å². The number of ether oxygens (including phenoxy) is 1. The molecule has 0 unspecified atom stereocenters. The van der Waals surface area contributed by atoms with Crippen molar-refractivity contribution in [2.75, 3.05) is 12.4 Å². The minimum atomic E-state index is -0.521. The van der Waals surface area contributed by atoms with Gasteiger partial charge in [0.1, 0.15) is 0 Å². The van der Waals surface area contributed by atoms with Crippen molar-refractivity contribution in [2.24, 2.45) is 0 Å². The second-order valence-electron chi connectivity index (χ2n) is 3.72. The first-order valence-corrected chi connectivity index (χ1v) is 6.21. The van der Waals surface area contributed by atoms with Crippen LogP contribution in [0.1, 0.15) is 16.1 Å². The highest BCUT2D eigenvalue weighted by atomic mass is 35.5. The molecule has 0 amide bonds. The summed E-state index contributed by atoms with van der Waals surface area (Å²) in [6, 6.07) is 6.90. The first-order valence-electron chi connectivity index (χ1n) is 5.46. The van der Waals surface area contributed by atoms with Crippen molar-refractivity contribution in [3.05, 3.63) is 51.9 Å². The highest BCUT2D eigenvalue weighted by Gasteiger charge is 2.16. The third-order valence-corrected chi connectivity index (χ3v) is 3.17. The van der Waals surface area contributed by atoms with Crippen molar-refractivity contribution in [1.29, 1.82) is 0 Å². The third-order valence-electron chi connectivity index (χ3n) is 2.54. The molecule has 0 saturated carbocycles. The Morgan fingerprint density at radius 1 is 1.32 bits per heavy atom. The number of hydrogen-bond donors (Lipinski definition) is 1. The molecule has 2 aromatic rings. The average Bonchev–Trinajstić information content (AvgIpc) is 2.85. The average molecular weight is 300 g/mol. The number of nitrogens with one attached hydrogen (secondary N) is 1. The molecule has 0 aliphatic heterocycles. The van der Waals surface area contributed by atoms with Crippen LogP contribution in [0, 0.1) is 0 Å². The zero-order valence-corrected chi connectivity index (χ0v) is 11.6. The monoisotopic (exact) mass is 299 g/mol. The van der Waals surface area contributed by atoms with Crippen LogP contribution in [0.5, 0.6) is 0 Å². The van der Waals surface area contributed by atoms with E-state index in [0.717, 1.165) is 0 Å². The Labute approximate surface area is 120 Å². The lowest BCUT2D eigenvalue weighted by Crippen LogP contribution is -2.07. The van der Waals surface area contributed by atoms with E-state index in [9.17, 15) is 4.79 Å². The van der Waals surface area contributed by atoms with Gasteiger partial charge in [0.15, 0.2) is 0 Å². The molecule has 6 heteroatoms. The molecule has 0 saturated heterocycles. The van der Waals surface area contributed by atoms with Crippen LogP contribution >= 0.6 is 23.2 Å². The van der Waals surface area contributed by atoms with E-state index < -0.39 is 5.97 Å². The molecule has 0 spiro atoms. The fourth-order valence-corrected chi connectivity index (χ4v) is 2.13. The van der Waals surface area contributed by atoms with Crippen LogP contribution in [0.2, 0.25) is 10.0 Å². The predicted molar refractivity (Wildman–Crippen MR) is 73.8 cm³/mol. The van der Waals surface area contributed by atoms with Gasteiger partial charge in [-0.3, -0.25) is 0 Å². The highest BCUT2D eigenvalue weighted by molar-refractivity contribution is 6.39. The Morgan fingerprint density at radius 3 is 2.63 bits per heavy atom. The first kappa shape index (κ1) is 13.8. The van der Waals surface area contributed by atoms with Crippen LogP contribution in [0.4, 0.5) is 5.69 Å². The van der Waals surface area contributed by atoms with E-state index in [2.05, 4.69) is 10.1 Å². The van der Waals surface area contributed by atoms with Crippen molar-refractivity contribution in [3.63, 3.8) is 0 Å². The van der Waals surface area contributed by atoms with Crippen molar-refractivity contribution in [2.45, 2.75) is 6.54 Å². The molecule has 19 heavy (non-hydrogen) atoms. The van der Waals surface area contributed by atoms with Gasteiger partial charge in [-0.1, -0.05) is 29.3 Å². The van der Waals surface area contributed by atoms with Gasteiger partial charge >= 0.3 is 5.97 Å². The lowest BCUT2D eigenvalue weighted by molar-refractivity contribution is 0.0563. The number of halogens is 2. The lowest BCUT2D eigenvalue weighted by atomic mass is 10.2. The van der Waals surface area contributed by atoms with Crippen LogP contribution < -0.4 is 5.32 Å². The van der Waals surface area contributed by atoms with Crippen molar-refractivity contribution < 1.29 is 13.9 Å². The van der Waals surface area contributed by atoms with E-state index in [0.29, 0.717) is 27.8 Å². The van der Waals surface area contributed by atoms with Gasteiger partial charge in [0.25, 0.3) is 0 Å². The number of benzene rings is 1. The van der Waals surface area contributed by atoms with E-state index >= 15 is 0 Å². The Bertz CT molecular complexity index is 575. The van der Waals surface area contributed by atoms with E-state index in [-0.39, 0.29) is 5.76 Å². The molecule has 0 fully saturated rings. The molecule has 1 aromatic carbocycles. The highest BCUT2D eigenvalue weighted by Crippen LogP contribution is 2.30. The number of para-hydroxylation sites is 1. The summed E-state index contributed by atoms with van der Waals surface area (Å²) in [5, 5.41) is 4.09. The summed E-state index contributed by atoms with van der Waals surface area (Å²) >= 11 is 12.1. The van der Waals surface area contributed by atoms with Crippen LogP contribution in [-0.4, -0.2) is 13.1 Å². The maximum atomic E-state index is 11.4. The van der Waals surface area contributed by atoms with Crippen LogP contribution in [0.15, 0.2) is 34.9 Å². The van der Waals surface area contributed by atoms with E-state index in [1.165, 1.54) is 13.4 Å². The number of anilines is 1. The molecule has 0 atom stereocenters. The second-order valence-corrected chi connectivity index (χ2v) is 4.53. The van der Waals surface area contributed by atoms with Gasteiger partial charge in [0.2, 0.25) is 5.76 Å². The zero-order valence-electron chi connectivity index (χ0n) is 10.1. The molecular weight excluding hydrogens is 289 g/mol. The van der Waals surface area contributed by atoms with Gasteiger partial charge in [-0.2, -0.15) is 0 Å². The minimum Gasteiger partial charge on any atom is -0.463 e. The topological polar surface area (TPSA) is 51.5 Å². The Balaban J connectivity index is 2.15. The molecule has 1 heterocycles. The molecule has 0 aliphatic carbocycles. The van der Waals surface area contributed by atoms with E-state index in [1.54, 1.807) is 24.3 Å². The van der Waals surface area contributed by atoms with Crippen molar-refractivity contribution >= 4 is 34.9 Å². The van der Waals surface area contributed by atoms with Crippen LogP contribution in [0.3, 0.4) is 0 Å². The maximum Gasteiger partial charge on any atom is 0.374 e. The Kier molecular flexibility index (Phi) is 4.35. The summed E-state index contributed by atoms with van der Waals surface area (Å²) in [6.45, 7) is 0.352. The standard InChI is InChI=1S/C13H11Cl2NO3/c1-18-13(17)12-8(5-6-19-12)7-16-11-9(14)3-2-4-10(11)15/h2-6,16H,7H2,1H3. The molecule has 100 valence electrons. The van der Waals surface area contributed by atoms with Gasteiger partial charge in [0, 0.05) is 12.1 Å². The van der Waals surface area contributed by atoms with Gasteiger partial charge in [0.05, 0.1) is 29.1 Å². The van der Waals surface area contributed by atoms with Gasteiger partial charge in [-0.05, 0) is 18.2 Å². The maximum absolute atomic E-state index is 11.4. The summed E-state index contributed by atoms with van der Waals surface area (Å²) < 4.78 is 9.71. The van der Waals surface area contributed by atoms with Crippen LogP contribution in [0.25, 0.3) is 0 Å². The molecule has 2 rings (SSSR count). The van der Waals surface area contributed by atoms with Crippen molar-refractivity contribution in [3.8, 4) is 0 Å². The second kappa shape index (κ2) is 5.99. The summed E-state index contributed by atoms with van der Waals surface area (Å²) in [5.41, 5.74) is 1.28. The molecule has 1 aromatic heterocycles. The molecule has 0 aliphatic rings. The molecule has 0 radical (unpaired) electrons. The van der Waals surface area contributed by atoms with Crippen LogP contribution in [-0.2, 0) is 11.3 Å². The number of methoxy groups -OCH3 is 1. The number of rotatable bonds is 4. The number of hydrogen-bond acceptors (Lipinski definition) is 4. The normalized spacial score (nSPS) is 10.3. The summed E-state index contributed by atoms with van der Waals surface area (Å²) in [6.07, 6.45) is 1.43. The van der Waals surface area contributed by atoms with Crippen molar-refractivity contribution in [1.82, 2.24) is 0 Å². The molecular formula is C13H11Cl2NO3. The quantitative estimate of drug-likeness (QED) is 0.868. The number of carbonyl (C=O) groups excluding carboxylic acids is 1. The fourth-order valence-electron chi connectivity index (χ4n) is 1.60. The Morgan fingerprint density at radius 2 is 2.00 bits per heavy atom. The first-order chi connectivity index (χ1) is 9.13. The third kappa shape index (κ3) is 3.03. The largest absolute Gasteiger partial charge is 0.463 e.